The maximum Gasteiger partial charge on any atom is 0.576 e. The van der Waals surface area contributed by atoms with Crippen LogP contribution in [0.25, 0.3) is 0 Å². The molecule has 1 aliphatic heterocycles. The first-order valence-electron chi connectivity index (χ1n) is 8.60. The van der Waals surface area contributed by atoms with Crippen molar-refractivity contribution in [1.82, 2.24) is 9.69 Å². The van der Waals surface area contributed by atoms with Crippen molar-refractivity contribution in [2.45, 2.75) is 33.3 Å². The summed E-state index contributed by atoms with van der Waals surface area (Å²) in [7, 11) is -2.65. The number of hydrogen-bond donors (Lipinski definition) is 2. The van der Waals surface area contributed by atoms with Gasteiger partial charge in [0, 0.05) is 18.2 Å². The fourth-order valence-corrected chi connectivity index (χ4v) is 4.45. The summed E-state index contributed by atoms with van der Waals surface area (Å²) >= 11 is 0.976. The first kappa shape index (κ1) is 23.6. The molecule has 0 bridgehead atoms. The van der Waals surface area contributed by atoms with Crippen molar-refractivity contribution in [3.63, 3.8) is 0 Å². The molecule has 1 aliphatic rings. The maximum absolute atomic E-state index is 12.5. The summed E-state index contributed by atoms with van der Waals surface area (Å²) in [6, 6.07) is 0. The van der Waals surface area contributed by atoms with Gasteiger partial charge < -0.3 is 14.8 Å². The van der Waals surface area contributed by atoms with Gasteiger partial charge in [-0.05, 0) is 24.0 Å². The minimum absolute atomic E-state index is 0.00521. The minimum Gasteiger partial charge on any atom is -0.469 e. The fraction of sp³-hybridized carbons (Fsp3) is 0.625. The van der Waals surface area contributed by atoms with Gasteiger partial charge >= 0.3 is 20.1 Å². The summed E-state index contributed by atoms with van der Waals surface area (Å²) in [5, 5.41) is 2.55. The average Bonchev–Trinajstić information content (AvgIpc) is 3.09. The van der Waals surface area contributed by atoms with E-state index in [1.165, 1.54) is 13.3 Å². The predicted octanol–water partition coefficient (Wildman–Crippen LogP) is 1.37. The second-order valence-corrected chi connectivity index (χ2v) is 9.32. The molecular weight excluding hydrogens is 427 g/mol. The monoisotopic (exact) mass is 451 g/mol. The zero-order valence-corrected chi connectivity index (χ0v) is 18.2. The number of methoxy groups -OCH3 is 1. The lowest BCUT2D eigenvalue weighted by Crippen LogP contribution is -2.50. The number of esters is 2. The Hall–Kier alpha value is -1.69. The van der Waals surface area contributed by atoms with Crippen LogP contribution in [0.15, 0.2) is 6.20 Å². The molecule has 2 N–H and O–H groups in total. The molecule has 1 aromatic heterocycles. The largest absolute Gasteiger partial charge is 0.576 e. The number of carbonyl (C=O) groups is 3. The molecule has 11 nitrogen and oxygen atoms in total. The smallest absolute Gasteiger partial charge is 0.469 e. The third-order valence-electron chi connectivity index (χ3n) is 3.98. The van der Waals surface area contributed by atoms with E-state index >= 15 is 0 Å². The van der Waals surface area contributed by atoms with Crippen molar-refractivity contribution in [1.29, 1.82) is 0 Å². The Balaban J connectivity index is 1.90. The number of amides is 1. The number of nitrogens with zero attached hydrogens (tertiary/aromatic N) is 1. The highest BCUT2D eigenvalue weighted by Crippen LogP contribution is 2.63. The lowest BCUT2D eigenvalue weighted by molar-refractivity contribution is -0.146. The van der Waals surface area contributed by atoms with E-state index in [-0.39, 0.29) is 19.6 Å². The quantitative estimate of drug-likeness (QED) is 0.338. The molecule has 0 spiro atoms. The number of rotatable bonds is 8. The van der Waals surface area contributed by atoms with Gasteiger partial charge in [0.2, 0.25) is 6.79 Å². The second-order valence-electron chi connectivity index (χ2n) is 6.85. The molecule has 1 amide bonds. The molecule has 0 aliphatic carbocycles. The van der Waals surface area contributed by atoms with Crippen LogP contribution in [0.2, 0.25) is 0 Å². The summed E-state index contributed by atoms with van der Waals surface area (Å²) in [6.45, 7) is 4.53. The van der Waals surface area contributed by atoms with Gasteiger partial charge in [-0.1, -0.05) is 13.8 Å². The van der Waals surface area contributed by atoms with E-state index < -0.39 is 44.3 Å². The molecule has 0 saturated carbocycles. The van der Waals surface area contributed by atoms with E-state index in [0.29, 0.717) is 10.4 Å². The molecule has 2 rings (SSSR count). The van der Waals surface area contributed by atoms with Gasteiger partial charge in [-0.15, -0.1) is 9.05 Å². The number of aromatic nitrogens is 1. The van der Waals surface area contributed by atoms with E-state index in [0.717, 1.165) is 11.5 Å². The van der Waals surface area contributed by atoms with Crippen LogP contribution in [0.3, 0.4) is 0 Å². The first-order chi connectivity index (χ1) is 13.6. The van der Waals surface area contributed by atoms with Gasteiger partial charge in [-0.2, -0.15) is 9.42 Å². The van der Waals surface area contributed by atoms with Crippen molar-refractivity contribution in [3.05, 3.63) is 16.6 Å². The summed E-state index contributed by atoms with van der Waals surface area (Å²) in [6.07, 6.45) is 0.419. The van der Waals surface area contributed by atoms with Crippen molar-refractivity contribution in [2.75, 3.05) is 27.1 Å². The van der Waals surface area contributed by atoms with Crippen molar-refractivity contribution >= 4 is 37.5 Å². The standard InChI is InChI=1S/C16H23N2O9PS/c1-10-7-18-29-12(10)15(21)24-9-26-28(22)25-8-16(2,3)13(27-28)14(20)17-6-5-11(19)23-4/h7,13,22H,5-6,8-9H2,1-4H3/p+1/t13-,28?/m0/s1. The van der Waals surface area contributed by atoms with Crippen LogP contribution in [0, 0.1) is 12.3 Å². The molecule has 1 saturated heterocycles. The van der Waals surface area contributed by atoms with E-state index in [9.17, 15) is 19.3 Å². The van der Waals surface area contributed by atoms with Crippen LogP contribution in [-0.2, 0) is 32.6 Å². The van der Waals surface area contributed by atoms with E-state index in [4.69, 9.17) is 18.3 Å². The third kappa shape index (κ3) is 6.39. The Morgan fingerprint density at radius 1 is 1.45 bits per heavy atom. The molecular formula is C16H24N2O9PS+. The molecule has 13 heteroatoms. The normalized spacial score (nSPS) is 23.3. The molecule has 1 fully saturated rings. The Labute approximate surface area is 172 Å². The van der Waals surface area contributed by atoms with Crippen LogP contribution >= 0.6 is 19.7 Å². The average molecular weight is 451 g/mol. The van der Waals surface area contributed by atoms with Gasteiger partial charge in [-0.3, -0.25) is 9.59 Å². The molecule has 1 aromatic rings. The van der Waals surface area contributed by atoms with Crippen molar-refractivity contribution < 1.29 is 42.3 Å². The molecule has 0 aromatic carbocycles. The van der Waals surface area contributed by atoms with Gasteiger partial charge in [0.25, 0.3) is 5.91 Å². The van der Waals surface area contributed by atoms with Gasteiger partial charge in [0.15, 0.2) is 6.10 Å². The number of carbonyl (C=O) groups excluding carboxylic acids is 3. The molecule has 2 heterocycles. The molecule has 2 atom stereocenters. The van der Waals surface area contributed by atoms with E-state index in [2.05, 4.69) is 14.4 Å². The highest BCUT2D eigenvalue weighted by Gasteiger charge is 2.59. The summed E-state index contributed by atoms with van der Waals surface area (Å²) in [4.78, 5) is 46.4. The molecule has 162 valence electrons. The Morgan fingerprint density at radius 2 is 2.17 bits per heavy atom. The molecule has 0 radical (unpaired) electrons. The first-order valence-corrected chi connectivity index (χ1v) is 10.9. The highest BCUT2D eigenvalue weighted by molar-refractivity contribution is 7.55. The van der Waals surface area contributed by atoms with Gasteiger partial charge in [-0.25, -0.2) is 9.17 Å². The Kier molecular flexibility index (Phi) is 8.03. The number of ether oxygens (including phenoxy) is 2. The number of hydrogen-bond acceptors (Lipinski definition) is 11. The molecule has 29 heavy (non-hydrogen) atoms. The van der Waals surface area contributed by atoms with Crippen LogP contribution in [0.1, 0.15) is 35.5 Å². The lowest BCUT2D eigenvalue weighted by Gasteiger charge is -2.36. The van der Waals surface area contributed by atoms with Crippen molar-refractivity contribution in [2.24, 2.45) is 5.41 Å². The van der Waals surface area contributed by atoms with Crippen LogP contribution < -0.4 is 5.32 Å². The van der Waals surface area contributed by atoms with Crippen LogP contribution in [0.4, 0.5) is 0 Å². The minimum atomic E-state index is -3.90. The van der Waals surface area contributed by atoms with Gasteiger partial charge in [0.05, 0.1) is 13.5 Å². The lowest BCUT2D eigenvalue weighted by atomic mass is 9.87. The number of aryl methyl sites for hydroxylation is 1. The predicted molar refractivity (Wildman–Crippen MR) is 102 cm³/mol. The summed E-state index contributed by atoms with van der Waals surface area (Å²) in [5.41, 5.74) is -0.120. The zero-order chi connectivity index (χ0) is 21.7. The second kappa shape index (κ2) is 9.88. The van der Waals surface area contributed by atoms with Crippen molar-refractivity contribution in [3.8, 4) is 0 Å². The molecule has 1 unspecified atom stereocenters. The third-order valence-corrected chi connectivity index (χ3v) is 6.23. The van der Waals surface area contributed by atoms with E-state index in [1.807, 2.05) is 0 Å². The summed E-state index contributed by atoms with van der Waals surface area (Å²) in [5.74, 6) is -1.67. The summed E-state index contributed by atoms with van der Waals surface area (Å²) < 4.78 is 29.2. The Morgan fingerprint density at radius 3 is 2.79 bits per heavy atom. The highest BCUT2D eigenvalue weighted by atomic mass is 32.1. The topological polar surface area (TPSA) is 143 Å². The number of nitrogens with one attached hydrogen (secondary N) is 1. The van der Waals surface area contributed by atoms with Gasteiger partial charge in [0.1, 0.15) is 11.5 Å². The Bertz CT molecular complexity index is 757. The fourth-order valence-electron chi connectivity index (χ4n) is 2.28. The SMILES string of the molecule is COC(=O)CCNC(=O)[C@@H]1O[P+](O)(OCOC(=O)c2sncc2C)OCC1(C)C. The van der Waals surface area contributed by atoms with Crippen LogP contribution in [0.5, 0.6) is 0 Å². The van der Waals surface area contributed by atoms with Crippen LogP contribution in [-0.4, -0.2) is 60.3 Å². The zero-order valence-electron chi connectivity index (χ0n) is 16.5. The maximum atomic E-state index is 12.5. The van der Waals surface area contributed by atoms with E-state index in [1.54, 1.807) is 20.8 Å².